The largest absolute Gasteiger partial charge is 0.396 e. The summed E-state index contributed by atoms with van der Waals surface area (Å²) < 4.78 is 5.57. The van der Waals surface area contributed by atoms with Crippen molar-refractivity contribution in [2.75, 3.05) is 37.4 Å². The first-order valence-electron chi connectivity index (χ1n) is 6.15. The first-order chi connectivity index (χ1) is 8.70. The van der Waals surface area contributed by atoms with Gasteiger partial charge in [0.05, 0.1) is 17.9 Å². The van der Waals surface area contributed by atoms with Crippen molar-refractivity contribution >= 4 is 11.5 Å². The first-order valence-corrected chi connectivity index (χ1v) is 6.15. The van der Waals surface area contributed by atoms with Crippen LogP contribution in [0.4, 0.5) is 11.5 Å². The van der Waals surface area contributed by atoms with Crippen LogP contribution in [0.3, 0.4) is 0 Å². The maximum Gasteiger partial charge on any atom is 0.151 e. The predicted molar refractivity (Wildman–Crippen MR) is 70.2 cm³/mol. The third-order valence-electron chi connectivity index (χ3n) is 3.01. The quantitative estimate of drug-likeness (QED) is 0.768. The van der Waals surface area contributed by atoms with Crippen LogP contribution in [-0.2, 0) is 4.74 Å². The van der Waals surface area contributed by atoms with Crippen molar-refractivity contribution in [3.63, 3.8) is 0 Å². The molecule has 5 nitrogen and oxygen atoms in total. The summed E-state index contributed by atoms with van der Waals surface area (Å²) in [5.41, 5.74) is 6.87. The normalized spacial score (nSPS) is 14.2. The molecule has 96 valence electrons. The minimum atomic E-state index is 0.481. The lowest BCUT2D eigenvalue weighted by atomic mass is 10.2. The van der Waals surface area contributed by atoms with E-state index < -0.39 is 0 Å². The number of ether oxygens (including phenoxy) is 1. The number of aromatic nitrogens is 1. The van der Waals surface area contributed by atoms with Crippen LogP contribution in [0.2, 0.25) is 0 Å². The number of hydrogen-bond donors (Lipinski definition) is 1. The maximum absolute atomic E-state index is 8.74. The fourth-order valence-corrected chi connectivity index (χ4v) is 1.70. The molecule has 1 aromatic heterocycles. The summed E-state index contributed by atoms with van der Waals surface area (Å²) in [6, 6.07) is 3.66. The van der Waals surface area contributed by atoms with E-state index in [0.29, 0.717) is 23.7 Å². The van der Waals surface area contributed by atoms with E-state index in [2.05, 4.69) is 4.98 Å². The summed E-state index contributed by atoms with van der Waals surface area (Å²) in [6.07, 6.45) is 4.15. The van der Waals surface area contributed by atoms with Crippen LogP contribution in [0.1, 0.15) is 18.4 Å². The Balaban J connectivity index is 1.83. The van der Waals surface area contributed by atoms with E-state index in [4.69, 9.17) is 15.7 Å². The number of pyridine rings is 1. The number of rotatable bonds is 6. The maximum atomic E-state index is 8.74. The summed E-state index contributed by atoms with van der Waals surface area (Å²) in [4.78, 5) is 6.15. The Kier molecular flexibility index (Phi) is 4.00. The van der Waals surface area contributed by atoms with Gasteiger partial charge in [-0.2, -0.15) is 5.26 Å². The van der Waals surface area contributed by atoms with Gasteiger partial charge in [0.1, 0.15) is 6.07 Å². The van der Waals surface area contributed by atoms with Gasteiger partial charge in [0.25, 0.3) is 0 Å². The Labute approximate surface area is 107 Å². The summed E-state index contributed by atoms with van der Waals surface area (Å²) in [7, 11) is 1.92. The van der Waals surface area contributed by atoms with E-state index in [-0.39, 0.29) is 0 Å². The molecule has 0 spiro atoms. The molecule has 1 saturated carbocycles. The minimum absolute atomic E-state index is 0.481. The average molecular weight is 246 g/mol. The molecule has 1 fully saturated rings. The van der Waals surface area contributed by atoms with Gasteiger partial charge in [0, 0.05) is 26.4 Å². The monoisotopic (exact) mass is 246 g/mol. The number of nitriles is 1. The second kappa shape index (κ2) is 5.69. The molecule has 0 unspecified atom stereocenters. The van der Waals surface area contributed by atoms with Gasteiger partial charge in [-0.05, 0) is 24.8 Å². The lowest BCUT2D eigenvalue weighted by Crippen LogP contribution is -2.24. The highest BCUT2D eigenvalue weighted by molar-refractivity contribution is 5.64. The number of nitrogens with zero attached hydrogens (tertiary/aromatic N) is 3. The molecule has 18 heavy (non-hydrogen) atoms. The van der Waals surface area contributed by atoms with Gasteiger partial charge < -0.3 is 15.4 Å². The number of nitrogens with two attached hydrogens (primary N) is 1. The van der Waals surface area contributed by atoms with Crippen LogP contribution in [0, 0.1) is 17.2 Å². The topological polar surface area (TPSA) is 75.2 Å². The second-order valence-corrected chi connectivity index (χ2v) is 4.69. The third-order valence-corrected chi connectivity index (χ3v) is 3.01. The van der Waals surface area contributed by atoms with Gasteiger partial charge in [-0.15, -0.1) is 0 Å². The van der Waals surface area contributed by atoms with Crippen molar-refractivity contribution < 1.29 is 4.74 Å². The fourth-order valence-electron chi connectivity index (χ4n) is 1.70. The Morgan fingerprint density at radius 1 is 1.61 bits per heavy atom. The average Bonchev–Trinajstić information content (AvgIpc) is 3.18. The van der Waals surface area contributed by atoms with Crippen LogP contribution in [0.25, 0.3) is 0 Å². The molecule has 1 heterocycles. The molecule has 0 atom stereocenters. The molecule has 1 aromatic rings. The lowest BCUT2D eigenvalue weighted by molar-refractivity contribution is 0.131. The van der Waals surface area contributed by atoms with E-state index in [9.17, 15) is 0 Å². The van der Waals surface area contributed by atoms with Crippen LogP contribution in [0.15, 0.2) is 12.3 Å². The molecule has 1 aliphatic rings. The van der Waals surface area contributed by atoms with Crippen LogP contribution in [-0.4, -0.2) is 31.8 Å². The molecule has 1 aliphatic carbocycles. The Hall–Kier alpha value is -1.80. The van der Waals surface area contributed by atoms with Gasteiger partial charge in [0.2, 0.25) is 0 Å². The SMILES string of the molecule is CN(CCOCC1CC1)c1ncc(C#N)cc1N. The Morgan fingerprint density at radius 3 is 3.00 bits per heavy atom. The zero-order valence-electron chi connectivity index (χ0n) is 10.6. The van der Waals surface area contributed by atoms with Gasteiger partial charge in [-0.1, -0.05) is 0 Å². The predicted octanol–water partition coefficient (Wildman–Crippen LogP) is 1.40. The van der Waals surface area contributed by atoms with Crippen molar-refractivity contribution in [1.82, 2.24) is 4.98 Å². The molecule has 0 bridgehead atoms. The molecular formula is C13H18N4O. The number of nitrogen functional groups attached to an aromatic ring is 1. The Morgan fingerprint density at radius 2 is 2.39 bits per heavy atom. The van der Waals surface area contributed by atoms with Crippen LogP contribution in [0.5, 0.6) is 0 Å². The molecule has 5 heteroatoms. The smallest absolute Gasteiger partial charge is 0.151 e. The summed E-state index contributed by atoms with van der Waals surface area (Å²) in [5, 5.41) is 8.74. The second-order valence-electron chi connectivity index (χ2n) is 4.69. The van der Waals surface area contributed by atoms with E-state index in [1.807, 2.05) is 18.0 Å². The van der Waals surface area contributed by atoms with Gasteiger partial charge in [-0.25, -0.2) is 4.98 Å². The van der Waals surface area contributed by atoms with Gasteiger partial charge >= 0.3 is 0 Å². The lowest BCUT2D eigenvalue weighted by Gasteiger charge is -2.19. The molecule has 0 saturated heterocycles. The van der Waals surface area contributed by atoms with Crippen molar-refractivity contribution in [1.29, 1.82) is 5.26 Å². The van der Waals surface area contributed by atoms with E-state index in [1.165, 1.54) is 19.0 Å². The number of likely N-dealkylation sites (N-methyl/N-ethyl adjacent to an activating group) is 1. The molecule has 2 N–H and O–H groups in total. The summed E-state index contributed by atoms with van der Waals surface area (Å²) in [5.74, 6) is 1.48. The van der Waals surface area contributed by atoms with Crippen molar-refractivity contribution in [3.05, 3.63) is 17.8 Å². The van der Waals surface area contributed by atoms with E-state index >= 15 is 0 Å². The van der Waals surface area contributed by atoms with Crippen molar-refractivity contribution in [3.8, 4) is 6.07 Å². The summed E-state index contributed by atoms with van der Waals surface area (Å²) in [6.45, 7) is 2.29. The molecule has 2 rings (SSSR count). The van der Waals surface area contributed by atoms with Crippen LogP contribution >= 0.6 is 0 Å². The molecule has 0 aliphatic heterocycles. The highest BCUT2D eigenvalue weighted by Gasteiger charge is 2.21. The highest BCUT2D eigenvalue weighted by Crippen LogP contribution is 2.28. The van der Waals surface area contributed by atoms with Crippen molar-refractivity contribution in [2.24, 2.45) is 5.92 Å². The molecule has 0 amide bonds. The molecule has 0 radical (unpaired) electrons. The van der Waals surface area contributed by atoms with E-state index in [1.54, 1.807) is 6.07 Å². The fraction of sp³-hybridized carbons (Fsp3) is 0.538. The Bertz CT molecular complexity index is 451. The zero-order chi connectivity index (χ0) is 13.0. The van der Waals surface area contributed by atoms with Gasteiger partial charge in [0.15, 0.2) is 5.82 Å². The standard InChI is InChI=1S/C13H18N4O/c1-17(4-5-18-9-10-2-3-10)13-12(15)6-11(7-14)8-16-13/h6,8,10H,2-5,9,15H2,1H3. The van der Waals surface area contributed by atoms with Gasteiger partial charge in [-0.3, -0.25) is 0 Å². The third kappa shape index (κ3) is 3.34. The van der Waals surface area contributed by atoms with Crippen molar-refractivity contribution in [2.45, 2.75) is 12.8 Å². The molecule has 0 aromatic carbocycles. The minimum Gasteiger partial charge on any atom is -0.396 e. The number of anilines is 2. The highest BCUT2D eigenvalue weighted by atomic mass is 16.5. The first kappa shape index (κ1) is 12.7. The van der Waals surface area contributed by atoms with E-state index in [0.717, 1.165) is 19.1 Å². The summed E-state index contributed by atoms with van der Waals surface area (Å²) >= 11 is 0. The molecular weight excluding hydrogens is 228 g/mol. The van der Waals surface area contributed by atoms with Crippen LogP contribution < -0.4 is 10.6 Å². The number of hydrogen-bond acceptors (Lipinski definition) is 5. The zero-order valence-corrected chi connectivity index (χ0v) is 10.6.